The highest BCUT2D eigenvalue weighted by Crippen LogP contribution is 2.61. The highest BCUT2D eigenvalue weighted by molar-refractivity contribution is 5.60. The molecule has 0 amide bonds. The van der Waals surface area contributed by atoms with Gasteiger partial charge in [-0.2, -0.15) is 15.3 Å². The van der Waals surface area contributed by atoms with Crippen molar-refractivity contribution in [2.45, 2.75) is 51.9 Å². The number of aryl methyl sites for hydroxylation is 3. The fraction of sp³-hybridized carbons (Fsp3) is 0.708. The van der Waals surface area contributed by atoms with Crippen molar-refractivity contribution in [3.63, 3.8) is 0 Å². The summed E-state index contributed by atoms with van der Waals surface area (Å²) in [5, 5.41) is 13.4. The molecule has 3 fully saturated rings. The average Bonchev–Trinajstić information content (AvgIpc) is 3.33. The van der Waals surface area contributed by atoms with Crippen LogP contribution in [0, 0.1) is 24.2 Å². The summed E-state index contributed by atoms with van der Waals surface area (Å²) in [6, 6.07) is 4.25. The third-order valence-electron chi connectivity index (χ3n) is 7.74. The molecule has 5 rings (SSSR count). The minimum atomic E-state index is 0.639. The molecule has 0 N–H and O–H groups in total. The molecule has 1 spiro atoms. The van der Waals surface area contributed by atoms with E-state index in [1.54, 1.807) is 0 Å². The third kappa shape index (κ3) is 4.30. The molecule has 6 heteroatoms. The van der Waals surface area contributed by atoms with Crippen molar-refractivity contribution in [1.29, 1.82) is 0 Å². The van der Waals surface area contributed by atoms with E-state index in [1.807, 2.05) is 24.9 Å². The normalized spacial score (nSPS) is 26.2. The lowest BCUT2D eigenvalue weighted by Gasteiger charge is -2.36. The van der Waals surface area contributed by atoms with Crippen molar-refractivity contribution >= 4 is 0 Å². The van der Waals surface area contributed by atoms with Crippen LogP contribution in [0.25, 0.3) is 11.3 Å². The molecule has 2 aromatic heterocycles. The summed E-state index contributed by atoms with van der Waals surface area (Å²) in [6.45, 7) is 7.78. The van der Waals surface area contributed by atoms with E-state index in [-0.39, 0.29) is 0 Å². The number of rotatable bonds is 6. The molecule has 2 unspecified atom stereocenters. The number of nitrogens with zero attached hydrogens (tertiary/aromatic N) is 5. The summed E-state index contributed by atoms with van der Waals surface area (Å²) in [5.41, 5.74) is 4.76. The fourth-order valence-electron chi connectivity index (χ4n) is 5.76. The Bertz CT molecular complexity index is 847. The van der Waals surface area contributed by atoms with E-state index >= 15 is 0 Å². The van der Waals surface area contributed by atoms with Crippen molar-refractivity contribution < 1.29 is 4.74 Å². The van der Waals surface area contributed by atoms with Gasteiger partial charge in [-0.15, -0.1) is 0 Å². The van der Waals surface area contributed by atoms with E-state index < -0.39 is 0 Å². The molecule has 2 aliphatic heterocycles. The number of aromatic nitrogens is 4. The van der Waals surface area contributed by atoms with Gasteiger partial charge in [-0.1, -0.05) is 0 Å². The Kier molecular flexibility index (Phi) is 5.63. The molecule has 1 saturated carbocycles. The first-order chi connectivity index (χ1) is 14.6. The second-order valence-corrected chi connectivity index (χ2v) is 9.90. The summed E-state index contributed by atoms with van der Waals surface area (Å²) >= 11 is 0. The van der Waals surface area contributed by atoms with Gasteiger partial charge in [0, 0.05) is 32.0 Å². The summed E-state index contributed by atoms with van der Waals surface area (Å²) < 4.78 is 7.50. The van der Waals surface area contributed by atoms with Gasteiger partial charge in [-0.05, 0) is 94.3 Å². The number of piperidine rings is 1. The number of likely N-dealkylation sites (tertiary alicyclic amines) is 1. The fourth-order valence-corrected chi connectivity index (χ4v) is 5.76. The Morgan fingerprint density at radius 3 is 2.73 bits per heavy atom. The second-order valence-electron chi connectivity index (χ2n) is 9.90. The first-order valence-corrected chi connectivity index (χ1v) is 11.7. The van der Waals surface area contributed by atoms with Crippen LogP contribution < -0.4 is 0 Å². The van der Waals surface area contributed by atoms with Crippen LogP contribution in [-0.2, 0) is 18.2 Å². The number of hydrogen-bond acceptors (Lipinski definition) is 5. The lowest BCUT2D eigenvalue weighted by molar-refractivity contribution is 0.0307. The molecule has 0 radical (unpaired) electrons. The molecule has 30 heavy (non-hydrogen) atoms. The van der Waals surface area contributed by atoms with Crippen molar-refractivity contribution in [3.05, 3.63) is 29.7 Å². The largest absolute Gasteiger partial charge is 0.381 e. The Morgan fingerprint density at radius 1 is 1.20 bits per heavy atom. The van der Waals surface area contributed by atoms with Gasteiger partial charge in [0.1, 0.15) is 0 Å². The third-order valence-corrected chi connectivity index (χ3v) is 7.74. The van der Waals surface area contributed by atoms with Gasteiger partial charge in [0.25, 0.3) is 0 Å². The van der Waals surface area contributed by atoms with Gasteiger partial charge in [-0.25, -0.2) is 0 Å². The molecule has 4 heterocycles. The zero-order valence-corrected chi connectivity index (χ0v) is 18.5. The maximum Gasteiger partial charge on any atom is 0.0964 e. The zero-order valence-electron chi connectivity index (χ0n) is 18.5. The Morgan fingerprint density at radius 2 is 2.07 bits per heavy atom. The predicted molar refractivity (Wildman–Crippen MR) is 117 cm³/mol. The number of hydrogen-bond donors (Lipinski definition) is 0. The molecular weight excluding hydrogens is 374 g/mol. The van der Waals surface area contributed by atoms with E-state index in [0.717, 1.165) is 54.1 Å². The smallest absolute Gasteiger partial charge is 0.0964 e. The van der Waals surface area contributed by atoms with Crippen LogP contribution in [0.1, 0.15) is 49.9 Å². The maximum atomic E-state index is 5.67. The van der Waals surface area contributed by atoms with Crippen molar-refractivity contribution in [2.24, 2.45) is 24.3 Å². The summed E-state index contributed by atoms with van der Waals surface area (Å²) in [6.07, 6.45) is 11.1. The molecule has 2 aromatic rings. The molecule has 6 nitrogen and oxygen atoms in total. The molecule has 2 atom stereocenters. The molecule has 162 valence electrons. The average molecular weight is 410 g/mol. The van der Waals surface area contributed by atoms with E-state index in [9.17, 15) is 0 Å². The topological polar surface area (TPSA) is 56.1 Å². The van der Waals surface area contributed by atoms with E-state index in [4.69, 9.17) is 4.74 Å². The van der Waals surface area contributed by atoms with Crippen LogP contribution in [0.15, 0.2) is 18.3 Å². The van der Waals surface area contributed by atoms with Gasteiger partial charge in [0.15, 0.2) is 0 Å². The zero-order chi connectivity index (χ0) is 20.6. The summed E-state index contributed by atoms with van der Waals surface area (Å²) in [4.78, 5) is 2.70. The van der Waals surface area contributed by atoms with Crippen LogP contribution >= 0.6 is 0 Å². The highest BCUT2D eigenvalue weighted by Gasteiger charge is 2.53. The molecule has 3 aliphatic rings. The molecule has 2 saturated heterocycles. The lowest BCUT2D eigenvalue weighted by Crippen LogP contribution is -2.40. The van der Waals surface area contributed by atoms with Gasteiger partial charge in [-0.3, -0.25) is 4.68 Å². The van der Waals surface area contributed by atoms with Crippen LogP contribution in [-0.4, -0.2) is 57.7 Å². The van der Waals surface area contributed by atoms with Crippen LogP contribution in [0.3, 0.4) is 0 Å². The van der Waals surface area contributed by atoms with Crippen molar-refractivity contribution in [1.82, 2.24) is 24.9 Å². The summed E-state index contributed by atoms with van der Waals surface area (Å²) in [5.74, 6) is 1.65. The van der Waals surface area contributed by atoms with E-state index in [0.29, 0.717) is 5.41 Å². The van der Waals surface area contributed by atoms with Gasteiger partial charge in [0.2, 0.25) is 0 Å². The first-order valence-electron chi connectivity index (χ1n) is 11.7. The predicted octanol–water partition coefficient (Wildman–Crippen LogP) is 3.65. The minimum absolute atomic E-state index is 0.639. The quantitative estimate of drug-likeness (QED) is 0.729. The first kappa shape index (κ1) is 20.1. The van der Waals surface area contributed by atoms with Crippen molar-refractivity contribution in [3.8, 4) is 11.3 Å². The van der Waals surface area contributed by atoms with Crippen molar-refractivity contribution in [2.75, 3.05) is 32.8 Å². The molecule has 0 bridgehead atoms. The van der Waals surface area contributed by atoms with Crippen LogP contribution in [0.2, 0.25) is 0 Å². The lowest BCUT2D eigenvalue weighted by atomic mass is 9.88. The highest BCUT2D eigenvalue weighted by atomic mass is 16.5. The van der Waals surface area contributed by atoms with E-state index in [2.05, 4.69) is 32.3 Å². The maximum absolute atomic E-state index is 5.67. The molecule has 0 aromatic carbocycles. The Balaban J connectivity index is 1.08. The van der Waals surface area contributed by atoms with E-state index in [1.165, 1.54) is 58.2 Å². The minimum Gasteiger partial charge on any atom is -0.381 e. The van der Waals surface area contributed by atoms with Gasteiger partial charge < -0.3 is 9.64 Å². The number of ether oxygens (including phenoxy) is 1. The van der Waals surface area contributed by atoms with Gasteiger partial charge >= 0.3 is 0 Å². The Labute approximate surface area is 180 Å². The molecular formula is C24H35N5O. The van der Waals surface area contributed by atoms with Crippen LogP contribution in [0.5, 0.6) is 0 Å². The molecule has 1 aliphatic carbocycles. The summed E-state index contributed by atoms with van der Waals surface area (Å²) in [7, 11) is 1.94. The monoisotopic (exact) mass is 409 g/mol. The van der Waals surface area contributed by atoms with Crippen LogP contribution in [0.4, 0.5) is 0 Å². The standard InChI is InChI=1S/C24H35N5O/c1-18-22(16-28(2)27-18)23-8-7-21(25-26-23)6-5-20-14-24(20)9-11-29(12-10-24)15-19-4-3-13-30-17-19/h7-8,16,19-20H,3-6,9-15,17H2,1-2H3. The Hall–Kier alpha value is -1.79. The van der Waals surface area contributed by atoms with Gasteiger partial charge in [0.05, 0.1) is 23.7 Å². The second kappa shape index (κ2) is 8.39. The SMILES string of the molecule is Cc1nn(C)cc1-c1ccc(CCC2CC23CCN(CC2CCCOC2)CC3)nn1.